The van der Waals surface area contributed by atoms with Crippen molar-refractivity contribution in [3.05, 3.63) is 41.1 Å². The number of benzene rings is 1. The Kier molecular flexibility index (Phi) is 4.75. The molecule has 3 rings (SSSR count). The van der Waals surface area contributed by atoms with E-state index in [4.69, 9.17) is 16.1 Å². The number of aromatic nitrogens is 1. The van der Waals surface area contributed by atoms with E-state index in [-0.39, 0.29) is 11.7 Å². The van der Waals surface area contributed by atoms with Gasteiger partial charge in [0.2, 0.25) is 5.76 Å². The Bertz CT molecular complexity index is 650. The van der Waals surface area contributed by atoms with Gasteiger partial charge in [-0.3, -0.25) is 4.79 Å². The Morgan fingerprint density at radius 3 is 3.14 bits per heavy atom. The van der Waals surface area contributed by atoms with Crippen molar-refractivity contribution in [2.24, 2.45) is 5.92 Å². The minimum Gasteiger partial charge on any atom is -0.350 e. The van der Waals surface area contributed by atoms with Crippen molar-refractivity contribution < 1.29 is 9.32 Å². The molecule has 1 amide bonds. The summed E-state index contributed by atoms with van der Waals surface area (Å²) in [5, 5.41) is 10.7. The van der Waals surface area contributed by atoms with Crippen molar-refractivity contribution in [3.8, 4) is 11.3 Å². The average Bonchev–Trinajstić information content (AvgIpc) is 3.19. The second kappa shape index (κ2) is 6.94. The van der Waals surface area contributed by atoms with Crippen molar-refractivity contribution in [2.75, 3.05) is 19.6 Å². The third-order valence-corrected chi connectivity index (χ3v) is 4.09. The van der Waals surface area contributed by atoms with Crippen molar-refractivity contribution in [1.82, 2.24) is 15.8 Å². The molecule has 116 valence electrons. The zero-order valence-electron chi connectivity index (χ0n) is 12.1. The number of nitrogens with zero attached hydrogens (tertiary/aromatic N) is 1. The van der Waals surface area contributed by atoms with Crippen LogP contribution in [0.5, 0.6) is 0 Å². The molecule has 0 bridgehead atoms. The third kappa shape index (κ3) is 3.67. The zero-order valence-corrected chi connectivity index (χ0v) is 12.9. The fourth-order valence-electron chi connectivity index (χ4n) is 2.60. The number of carbonyl (C=O) groups excluding carboxylic acids is 1. The van der Waals surface area contributed by atoms with Gasteiger partial charge in [-0.05, 0) is 44.0 Å². The molecule has 0 saturated carbocycles. The molecule has 0 spiro atoms. The lowest BCUT2D eigenvalue weighted by Crippen LogP contribution is -2.26. The number of rotatable bonds is 5. The van der Waals surface area contributed by atoms with E-state index in [9.17, 15) is 4.79 Å². The van der Waals surface area contributed by atoms with Crippen LogP contribution >= 0.6 is 11.6 Å². The van der Waals surface area contributed by atoms with Gasteiger partial charge in [0.1, 0.15) is 5.69 Å². The van der Waals surface area contributed by atoms with Crippen LogP contribution in [0, 0.1) is 5.92 Å². The highest BCUT2D eigenvalue weighted by molar-refractivity contribution is 6.30. The summed E-state index contributed by atoms with van der Waals surface area (Å²) in [5.41, 5.74) is 1.43. The number of nitrogens with one attached hydrogen (secondary N) is 2. The molecule has 0 radical (unpaired) electrons. The second-order valence-electron chi connectivity index (χ2n) is 5.49. The Hall–Kier alpha value is -1.85. The van der Waals surface area contributed by atoms with Crippen molar-refractivity contribution in [2.45, 2.75) is 12.8 Å². The first-order valence-electron chi connectivity index (χ1n) is 7.44. The van der Waals surface area contributed by atoms with Gasteiger partial charge in [0.05, 0.1) is 0 Å². The van der Waals surface area contributed by atoms with Gasteiger partial charge in [-0.2, -0.15) is 0 Å². The van der Waals surface area contributed by atoms with Crippen molar-refractivity contribution in [1.29, 1.82) is 0 Å². The largest absolute Gasteiger partial charge is 0.350 e. The first-order chi connectivity index (χ1) is 10.7. The highest BCUT2D eigenvalue weighted by Gasteiger charge is 2.16. The van der Waals surface area contributed by atoms with E-state index in [1.54, 1.807) is 18.2 Å². The maximum absolute atomic E-state index is 12.0. The predicted octanol–water partition coefficient (Wildman–Crippen LogP) is 2.72. The van der Waals surface area contributed by atoms with Gasteiger partial charge in [-0.25, -0.2) is 0 Å². The van der Waals surface area contributed by atoms with E-state index in [2.05, 4.69) is 15.8 Å². The molecule has 2 N–H and O–H groups in total. The topological polar surface area (TPSA) is 67.2 Å². The molecule has 6 heteroatoms. The number of hydrogen-bond acceptors (Lipinski definition) is 4. The quantitative estimate of drug-likeness (QED) is 0.889. The maximum Gasteiger partial charge on any atom is 0.289 e. The molecule has 0 aliphatic carbocycles. The number of hydrogen-bond donors (Lipinski definition) is 2. The summed E-state index contributed by atoms with van der Waals surface area (Å²) in [4.78, 5) is 12.0. The molecule has 1 aromatic heterocycles. The molecule has 1 atom stereocenters. The minimum atomic E-state index is -0.230. The lowest BCUT2D eigenvalue weighted by atomic mass is 10.1. The predicted molar refractivity (Wildman–Crippen MR) is 84.9 cm³/mol. The SMILES string of the molecule is O=C(NCCC1CCNC1)c1cc(-c2cccc(Cl)c2)no1. The number of halogens is 1. The van der Waals surface area contributed by atoms with Gasteiger partial charge in [-0.15, -0.1) is 0 Å². The maximum atomic E-state index is 12.0. The van der Waals surface area contributed by atoms with Gasteiger partial charge >= 0.3 is 0 Å². The summed E-state index contributed by atoms with van der Waals surface area (Å²) in [5.74, 6) is 0.642. The van der Waals surface area contributed by atoms with Crippen LogP contribution in [-0.2, 0) is 0 Å². The molecule has 1 aliphatic heterocycles. The highest BCUT2D eigenvalue weighted by atomic mass is 35.5. The van der Waals surface area contributed by atoms with Crippen LogP contribution in [0.1, 0.15) is 23.4 Å². The van der Waals surface area contributed by atoms with Crippen LogP contribution in [0.4, 0.5) is 0 Å². The second-order valence-corrected chi connectivity index (χ2v) is 5.93. The van der Waals surface area contributed by atoms with Gasteiger partial charge in [0, 0.05) is 23.2 Å². The molecule has 2 aromatic rings. The third-order valence-electron chi connectivity index (χ3n) is 3.85. The first-order valence-corrected chi connectivity index (χ1v) is 7.82. The Balaban J connectivity index is 1.57. The Labute approximate surface area is 134 Å². The van der Waals surface area contributed by atoms with Gasteiger partial charge in [-0.1, -0.05) is 28.9 Å². The van der Waals surface area contributed by atoms with Crippen molar-refractivity contribution in [3.63, 3.8) is 0 Å². The standard InChI is InChI=1S/C16H18ClN3O2/c17-13-3-1-2-12(8-13)14-9-15(22-20-14)16(21)19-7-5-11-4-6-18-10-11/h1-3,8-9,11,18H,4-7,10H2,(H,19,21). The molecular formula is C16H18ClN3O2. The van der Waals surface area contributed by atoms with Gasteiger partial charge in [0.25, 0.3) is 5.91 Å². The first kappa shape index (κ1) is 15.1. The molecule has 1 aliphatic rings. The Morgan fingerprint density at radius 2 is 2.36 bits per heavy atom. The van der Waals surface area contributed by atoms with Crippen LogP contribution in [0.25, 0.3) is 11.3 Å². The van der Waals surface area contributed by atoms with Gasteiger partial charge < -0.3 is 15.2 Å². The van der Waals surface area contributed by atoms with Crippen LogP contribution in [0.15, 0.2) is 34.9 Å². The summed E-state index contributed by atoms with van der Waals surface area (Å²) >= 11 is 5.95. The molecule has 22 heavy (non-hydrogen) atoms. The molecule has 1 unspecified atom stereocenters. The van der Waals surface area contributed by atoms with Crippen LogP contribution in [0.3, 0.4) is 0 Å². The average molecular weight is 320 g/mol. The molecule has 5 nitrogen and oxygen atoms in total. The zero-order chi connectivity index (χ0) is 15.4. The lowest BCUT2D eigenvalue weighted by Gasteiger charge is -2.07. The van der Waals surface area contributed by atoms with E-state index in [0.717, 1.165) is 25.1 Å². The highest BCUT2D eigenvalue weighted by Crippen LogP contribution is 2.22. The monoisotopic (exact) mass is 319 g/mol. The van der Waals surface area contributed by atoms with Crippen LogP contribution in [-0.4, -0.2) is 30.7 Å². The summed E-state index contributed by atoms with van der Waals surface area (Å²) in [6.45, 7) is 2.76. The molecule has 1 saturated heterocycles. The number of amides is 1. The van der Waals surface area contributed by atoms with Crippen LogP contribution in [0.2, 0.25) is 5.02 Å². The van der Waals surface area contributed by atoms with Gasteiger partial charge in [0.15, 0.2) is 0 Å². The van der Waals surface area contributed by atoms with E-state index < -0.39 is 0 Å². The molecule has 1 fully saturated rings. The fraction of sp³-hybridized carbons (Fsp3) is 0.375. The van der Waals surface area contributed by atoms with E-state index in [1.807, 2.05) is 12.1 Å². The fourth-order valence-corrected chi connectivity index (χ4v) is 2.79. The Morgan fingerprint density at radius 1 is 1.45 bits per heavy atom. The summed E-state index contributed by atoms with van der Waals surface area (Å²) in [6, 6.07) is 8.92. The number of carbonyl (C=O) groups is 1. The molecule has 2 heterocycles. The normalized spacial score (nSPS) is 17.6. The van der Waals surface area contributed by atoms with Crippen molar-refractivity contribution >= 4 is 17.5 Å². The summed E-state index contributed by atoms with van der Waals surface area (Å²) in [6.07, 6.45) is 2.16. The lowest BCUT2D eigenvalue weighted by molar-refractivity contribution is 0.0915. The van der Waals surface area contributed by atoms with E-state index in [1.165, 1.54) is 6.42 Å². The minimum absolute atomic E-state index is 0.222. The molecular weight excluding hydrogens is 302 g/mol. The van der Waals surface area contributed by atoms with E-state index >= 15 is 0 Å². The molecule has 1 aromatic carbocycles. The summed E-state index contributed by atoms with van der Waals surface area (Å²) < 4.78 is 5.13. The summed E-state index contributed by atoms with van der Waals surface area (Å²) in [7, 11) is 0. The smallest absolute Gasteiger partial charge is 0.289 e. The van der Waals surface area contributed by atoms with Crippen LogP contribution < -0.4 is 10.6 Å². The van der Waals surface area contributed by atoms with E-state index in [0.29, 0.717) is 23.2 Å².